The van der Waals surface area contributed by atoms with E-state index in [1.807, 2.05) is 6.07 Å². The maximum absolute atomic E-state index is 11.0. The van der Waals surface area contributed by atoms with Crippen LogP contribution in [0.2, 0.25) is 0 Å². The van der Waals surface area contributed by atoms with Crippen LogP contribution in [0.5, 0.6) is 0 Å². The van der Waals surface area contributed by atoms with Gasteiger partial charge in [0.25, 0.3) is 0 Å². The molecular weight excluding hydrogens is 156 g/mol. The second kappa shape index (κ2) is 2.65. The van der Waals surface area contributed by atoms with E-state index in [0.717, 1.165) is 0 Å². The van der Waals surface area contributed by atoms with Crippen molar-refractivity contribution in [1.82, 2.24) is 9.55 Å². The van der Waals surface area contributed by atoms with Crippen LogP contribution in [-0.4, -0.2) is 9.55 Å². The molecule has 2 rings (SSSR count). The van der Waals surface area contributed by atoms with Gasteiger partial charge in [0.1, 0.15) is 12.1 Å². The standard InChI is InChI=1S/C8H6N2O2/c11-8-10(5-6-12-8)7-3-1-2-4-9-7/h1-6H. The van der Waals surface area contributed by atoms with Gasteiger partial charge in [0.15, 0.2) is 0 Å². The third-order valence-corrected chi connectivity index (χ3v) is 1.47. The van der Waals surface area contributed by atoms with Crippen LogP contribution in [0.25, 0.3) is 5.82 Å². The number of rotatable bonds is 1. The summed E-state index contributed by atoms with van der Waals surface area (Å²) in [5.74, 6) is 0.143. The van der Waals surface area contributed by atoms with Crippen molar-refractivity contribution >= 4 is 0 Å². The van der Waals surface area contributed by atoms with Gasteiger partial charge in [0.2, 0.25) is 0 Å². The minimum absolute atomic E-state index is 0.422. The Balaban J connectivity index is 2.59. The van der Waals surface area contributed by atoms with Crippen molar-refractivity contribution in [2.24, 2.45) is 0 Å². The lowest BCUT2D eigenvalue weighted by molar-refractivity contribution is 0.503. The van der Waals surface area contributed by atoms with Crippen molar-refractivity contribution in [2.75, 3.05) is 0 Å². The highest BCUT2D eigenvalue weighted by molar-refractivity contribution is 5.20. The summed E-state index contributed by atoms with van der Waals surface area (Å²) in [6, 6.07) is 5.33. The van der Waals surface area contributed by atoms with E-state index in [2.05, 4.69) is 9.40 Å². The average Bonchev–Trinajstić information content (AvgIpc) is 2.53. The monoisotopic (exact) mass is 162 g/mol. The van der Waals surface area contributed by atoms with E-state index >= 15 is 0 Å². The number of aromatic nitrogens is 2. The van der Waals surface area contributed by atoms with Gasteiger partial charge in [-0.1, -0.05) is 6.07 Å². The van der Waals surface area contributed by atoms with E-state index in [-0.39, 0.29) is 0 Å². The van der Waals surface area contributed by atoms with Crippen molar-refractivity contribution in [3.05, 3.63) is 47.4 Å². The van der Waals surface area contributed by atoms with Gasteiger partial charge in [-0.15, -0.1) is 0 Å². The molecule has 0 aliphatic rings. The SMILES string of the molecule is O=c1occn1-c1ccccn1. The van der Waals surface area contributed by atoms with Crippen LogP contribution in [-0.2, 0) is 0 Å². The molecule has 12 heavy (non-hydrogen) atoms. The van der Waals surface area contributed by atoms with Crippen LogP contribution in [0.1, 0.15) is 0 Å². The van der Waals surface area contributed by atoms with E-state index in [1.165, 1.54) is 17.0 Å². The lowest BCUT2D eigenvalue weighted by atomic mass is 10.5. The molecule has 2 heterocycles. The second-order valence-electron chi connectivity index (χ2n) is 2.23. The van der Waals surface area contributed by atoms with E-state index < -0.39 is 5.76 Å². The zero-order valence-corrected chi connectivity index (χ0v) is 6.18. The minimum atomic E-state index is -0.422. The summed E-state index contributed by atoms with van der Waals surface area (Å²) in [4.78, 5) is 15.0. The Labute approximate surface area is 68.1 Å². The van der Waals surface area contributed by atoms with Gasteiger partial charge in [-0.25, -0.2) is 14.3 Å². The molecular formula is C8H6N2O2. The predicted octanol–water partition coefficient (Wildman–Crippen LogP) is 0.825. The number of hydrogen-bond donors (Lipinski definition) is 0. The Morgan fingerprint density at radius 1 is 1.42 bits per heavy atom. The van der Waals surface area contributed by atoms with Crippen LogP contribution in [0, 0.1) is 0 Å². The average molecular weight is 162 g/mol. The molecule has 0 amide bonds. The molecule has 0 saturated heterocycles. The van der Waals surface area contributed by atoms with Crippen molar-refractivity contribution < 1.29 is 4.42 Å². The highest BCUT2D eigenvalue weighted by Gasteiger charge is 1.99. The third kappa shape index (κ3) is 1.03. The highest BCUT2D eigenvalue weighted by atomic mass is 16.4. The molecule has 4 nitrogen and oxygen atoms in total. The van der Waals surface area contributed by atoms with Crippen molar-refractivity contribution in [3.63, 3.8) is 0 Å². The van der Waals surface area contributed by atoms with Crippen molar-refractivity contribution in [1.29, 1.82) is 0 Å². The maximum atomic E-state index is 11.0. The summed E-state index contributed by atoms with van der Waals surface area (Å²) in [5, 5.41) is 0. The molecule has 0 bridgehead atoms. The quantitative estimate of drug-likeness (QED) is 0.623. The number of hydrogen-bond acceptors (Lipinski definition) is 3. The van der Waals surface area contributed by atoms with Gasteiger partial charge in [0.05, 0.1) is 6.20 Å². The Bertz CT molecular complexity index is 416. The molecule has 0 aliphatic carbocycles. The largest absolute Gasteiger partial charge is 0.424 e. The van der Waals surface area contributed by atoms with Gasteiger partial charge >= 0.3 is 5.76 Å². The molecule has 0 radical (unpaired) electrons. The van der Waals surface area contributed by atoms with E-state index in [4.69, 9.17) is 0 Å². The highest BCUT2D eigenvalue weighted by Crippen LogP contribution is 1.97. The first-order valence-electron chi connectivity index (χ1n) is 3.45. The first-order chi connectivity index (χ1) is 5.88. The van der Waals surface area contributed by atoms with Crippen LogP contribution in [0.15, 0.2) is 46.1 Å². The van der Waals surface area contributed by atoms with Gasteiger partial charge < -0.3 is 4.42 Å². The Morgan fingerprint density at radius 2 is 2.33 bits per heavy atom. The molecule has 0 N–H and O–H groups in total. The number of pyridine rings is 1. The lowest BCUT2D eigenvalue weighted by Crippen LogP contribution is -2.11. The topological polar surface area (TPSA) is 48.0 Å². The normalized spacial score (nSPS) is 10.0. The zero-order chi connectivity index (χ0) is 8.39. The molecule has 0 aromatic carbocycles. The van der Waals surface area contributed by atoms with Gasteiger partial charge in [-0.3, -0.25) is 0 Å². The van der Waals surface area contributed by atoms with Crippen LogP contribution >= 0.6 is 0 Å². The Hall–Kier alpha value is -1.84. The van der Waals surface area contributed by atoms with Crippen LogP contribution < -0.4 is 5.76 Å². The summed E-state index contributed by atoms with van der Waals surface area (Å²) in [5.41, 5.74) is 0. The fourth-order valence-corrected chi connectivity index (χ4v) is 0.933. The smallest absolute Gasteiger partial charge is 0.416 e. The van der Waals surface area contributed by atoms with Gasteiger partial charge in [-0.05, 0) is 12.1 Å². The molecule has 0 saturated carbocycles. The van der Waals surface area contributed by atoms with E-state index in [0.29, 0.717) is 5.82 Å². The van der Waals surface area contributed by atoms with Crippen LogP contribution in [0.3, 0.4) is 0 Å². The molecule has 60 valence electrons. The second-order valence-corrected chi connectivity index (χ2v) is 2.23. The Morgan fingerprint density at radius 3 is 2.92 bits per heavy atom. The molecule has 0 atom stereocenters. The minimum Gasteiger partial charge on any atom is -0.416 e. The fraction of sp³-hybridized carbons (Fsp3) is 0. The summed E-state index contributed by atoms with van der Waals surface area (Å²) in [7, 11) is 0. The number of nitrogens with zero attached hydrogens (tertiary/aromatic N) is 2. The maximum Gasteiger partial charge on any atom is 0.424 e. The van der Waals surface area contributed by atoms with Crippen molar-refractivity contribution in [3.8, 4) is 5.82 Å². The summed E-state index contributed by atoms with van der Waals surface area (Å²) >= 11 is 0. The molecule has 0 fully saturated rings. The number of oxazole rings is 1. The predicted molar refractivity (Wildman–Crippen MR) is 42.1 cm³/mol. The summed E-state index contributed by atoms with van der Waals surface area (Å²) in [6.07, 6.45) is 4.48. The van der Waals surface area contributed by atoms with Gasteiger partial charge in [-0.2, -0.15) is 0 Å². The van der Waals surface area contributed by atoms with E-state index in [1.54, 1.807) is 18.3 Å². The van der Waals surface area contributed by atoms with Crippen molar-refractivity contribution in [2.45, 2.75) is 0 Å². The molecule has 2 aromatic rings. The third-order valence-electron chi connectivity index (χ3n) is 1.47. The molecule has 0 unspecified atom stereocenters. The first kappa shape index (κ1) is 6.84. The molecule has 2 aromatic heterocycles. The Kier molecular flexibility index (Phi) is 1.51. The summed E-state index contributed by atoms with van der Waals surface area (Å²) in [6.45, 7) is 0. The first-order valence-corrected chi connectivity index (χ1v) is 3.45. The van der Waals surface area contributed by atoms with Gasteiger partial charge in [0, 0.05) is 6.20 Å². The van der Waals surface area contributed by atoms with Crippen LogP contribution in [0.4, 0.5) is 0 Å². The fourth-order valence-electron chi connectivity index (χ4n) is 0.933. The van der Waals surface area contributed by atoms with E-state index in [9.17, 15) is 4.79 Å². The zero-order valence-electron chi connectivity index (χ0n) is 6.18. The molecule has 0 aliphatic heterocycles. The molecule has 0 spiro atoms. The lowest BCUT2D eigenvalue weighted by Gasteiger charge is -1.95. The molecule has 4 heteroatoms. The summed E-state index contributed by atoms with van der Waals surface area (Å²) < 4.78 is 5.92.